The zero-order chi connectivity index (χ0) is 12.8. The lowest BCUT2D eigenvalue weighted by Crippen LogP contribution is -2.44. The van der Waals surface area contributed by atoms with Gasteiger partial charge in [-0.25, -0.2) is 14.3 Å². The monoisotopic (exact) mass is 256 g/mol. The number of rotatable bonds is 6. The Morgan fingerprint density at radius 2 is 2.00 bits per heavy atom. The molecule has 0 spiro atoms. The minimum absolute atomic E-state index is 0.0148. The number of aliphatic carboxylic acids is 1. The van der Waals surface area contributed by atoms with E-state index in [0.29, 0.717) is 0 Å². The summed E-state index contributed by atoms with van der Waals surface area (Å²) in [5.41, 5.74) is 0. The van der Waals surface area contributed by atoms with E-state index in [1.165, 1.54) is 11.6 Å². The second kappa shape index (κ2) is 6.25. The van der Waals surface area contributed by atoms with Crippen LogP contribution in [0.1, 0.15) is 6.92 Å². The summed E-state index contributed by atoms with van der Waals surface area (Å²) in [4.78, 5) is 20.8. The van der Waals surface area contributed by atoms with Gasteiger partial charge in [-0.2, -0.15) is 13.1 Å². The van der Waals surface area contributed by atoms with Crippen LogP contribution in [0.5, 0.6) is 0 Å². The molecule has 0 saturated carbocycles. The molecule has 0 bridgehead atoms. The maximum atomic E-state index is 11.0. The van der Waals surface area contributed by atoms with Crippen LogP contribution in [0.3, 0.4) is 0 Å². The predicted octanol–water partition coefficient (Wildman–Crippen LogP) is -1.99. The summed E-state index contributed by atoms with van der Waals surface area (Å²) < 4.78 is 29.4. The van der Waals surface area contributed by atoms with Crippen LogP contribution in [-0.2, 0) is 19.7 Å². The number of carbonyl (C=O) groups is 2. The average Bonchev–Trinajstić information content (AvgIpc) is 2.13. The molecule has 9 nitrogen and oxygen atoms in total. The van der Waals surface area contributed by atoms with E-state index < -0.39 is 34.9 Å². The number of nitrogens with one attached hydrogen (secondary N) is 2. The second-order valence-corrected chi connectivity index (χ2v) is 4.03. The van der Waals surface area contributed by atoms with E-state index in [2.05, 4.69) is 4.74 Å². The average molecular weight is 256 g/mol. The molecule has 10 heteroatoms. The van der Waals surface area contributed by atoms with Gasteiger partial charge in [-0.1, -0.05) is 0 Å². The fourth-order valence-corrected chi connectivity index (χ4v) is 1.31. The molecule has 0 rings (SSSR count). The zero-order valence-electron chi connectivity index (χ0n) is 8.34. The first-order chi connectivity index (χ1) is 7.28. The van der Waals surface area contributed by atoms with Crippen LogP contribution in [0.2, 0.25) is 0 Å². The van der Waals surface area contributed by atoms with Crippen molar-refractivity contribution in [3.63, 3.8) is 0 Å². The summed E-state index contributed by atoms with van der Waals surface area (Å²) in [7, 11) is -4.23. The zero-order valence-corrected chi connectivity index (χ0v) is 9.15. The Bertz CT molecular complexity index is 352. The molecule has 1 atom stereocenters. The van der Waals surface area contributed by atoms with Gasteiger partial charge in [0.1, 0.15) is 0 Å². The first-order valence-corrected chi connectivity index (χ1v) is 5.62. The second-order valence-electron chi connectivity index (χ2n) is 2.53. The van der Waals surface area contributed by atoms with Crippen LogP contribution in [-0.4, -0.2) is 49.9 Å². The molecule has 4 N–H and O–H groups in total. The first-order valence-electron chi connectivity index (χ1n) is 4.13. The minimum Gasteiger partial charge on any atom is -0.479 e. The number of amides is 1. The van der Waals surface area contributed by atoms with Gasteiger partial charge in [-0.3, -0.25) is 0 Å². The van der Waals surface area contributed by atoms with E-state index >= 15 is 0 Å². The number of aliphatic hydroxyl groups is 1. The first kappa shape index (κ1) is 14.6. The quantitative estimate of drug-likeness (QED) is 0.431. The van der Waals surface area contributed by atoms with Crippen molar-refractivity contribution in [2.45, 2.75) is 13.0 Å². The molecular weight excluding hydrogens is 244 g/mol. The summed E-state index contributed by atoms with van der Waals surface area (Å²) in [6.45, 7) is 0.705. The highest BCUT2D eigenvalue weighted by Crippen LogP contribution is 1.85. The van der Waals surface area contributed by atoms with Gasteiger partial charge in [0.15, 0.2) is 6.10 Å². The maximum Gasteiger partial charge on any atom is 0.421 e. The van der Waals surface area contributed by atoms with Gasteiger partial charge < -0.3 is 14.9 Å². The van der Waals surface area contributed by atoms with Crippen molar-refractivity contribution in [3.05, 3.63) is 0 Å². The van der Waals surface area contributed by atoms with Crippen LogP contribution < -0.4 is 9.44 Å². The molecule has 0 heterocycles. The van der Waals surface area contributed by atoms with Crippen molar-refractivity contribution in [3.8, 4) is 0 Å². The molecule has 0 saturated heterocycles. The number of ether oxygens (including phenoxy) is 1. The Hall–Kier alpha value is -1.39. The smallest absolute Gasteiger partial charge is 0.421 e. The highest BCUT2D eigenvalue weighted by atomic mass is 32.2. The van der Waals surface area contributed by atoms with Crippen LogP contribution in [0.15, 0.2) is 0 Å². The topological polar surface area (TPSA) is 142 Å². The number of carboxylic acid groups (broad SMARTS) is 1. The van der Waals surface area contributed by atoms with Gasteiger partial charge in [0, 0.05) is 6.54 Å². The van der Waals surface area contributed by atoms with Gasteiger partial charge in [0.2, 0.25) is 0 Å². The standard InChI is InChI=1S/C6H12N2O7S/c1-2-15-6(12)8-16(13,14)7-3-4(9)5(10)11/h4,7,9H,2-3H2,1H3,(H,8,12)(H,10,11). The van der Waals surface area contributed by atoms with Gasteiger partial charge in [-0.15, -0.1) is 0 Å². The Labute approximate surface area is 91.6 Å². The summed E-state index contributed by atoms with van der Waals surface area (Å²) in [5, 5.41) is 17.0. The summed E-state index contributed by atoms with van der Waals surface area (Å²) in [6.07, 6.45) is -3.08. The molecule has 0 fully saturated rings. The fraction of sp³-hybridized carbons (Fsp3) is 0.667. The minimum atomic E-state index is -4.23. The molecule has 1 unspecified atom stereocenters. The third kappa shape index (κ3) is 6.16. The molecule has 0 aliphatic heterocycles. The van der Waals surface area contributed by atoms with E-state index in [1.807, 2.05) is 0 Å². The Kier molecular flexibility index (Phi) is 5.71. The fourth-order valence-electron chi connectivity index (χ4n) is 0.582. The van der Waals surface area contributed by atoms with Crippen LogP contribution in [0.4, 0.5) is 4.79 Å². The molecule has 0 aliphatic rings. The van der Waals surface area contributed by atoms with E-state index in [-0.39, 0.29) is 6.61 Å². The molecular formula is C6H12N2O7S. The molecule has 0 aromatic rings. The highest BCUT2D eigenvalue weighted by Gasteiger charge is 2.19. The number of aliphatic hydroxyl groups excluding tert-OH is 1. The lowest BCUT2D eigenvalue weighted by Gasteiger charge is -2.09. The lowest BCUT2D eigenvalue weighted by atomic mass is 10.4. The van der Waals surface area contributed by atoms with E-state index in [4.69, 9.17) is 10.2 Å². The molecule has 0 radical (unpaired) electrons. The normalized spacial score (nSPS) is 12.9. The molecule has 0 aromatic heterocycles. The highest BCUT2D eigenvalue weighted by molar-refractivity contribution is 7.88. The maximum absolute atomic E-state index is 11.0. The molecule has 0 aliphatic carbocycles. The van der Waals surface area contributed by atoms with Crippen LogP contribution in [0, 0.1) is 0 Å². The van der Waals surface area contributed by atoms with E-state index in [9.17, 15) is 18.0 Å². The number of hydrogen-bond acceptors (Lipinski definition) is 6. The molecule has 0 aromatic carbocycles. The van der Waals surface area contributed by atoms with Gasteiger partial charge >= 0.3 is 22.3 Å². The third-order valence-corrected chi connectivity index (χ3v) is 2.23. The van der Waals surface area contributed by atoms with Crippen molar-refractivity contribution in [1.82, 2.24) is 9.44 Å². The van der Waals surface area contributed by atoms with Crippen molar-refractivity contribution < 1.29 is 33.0 Å². The number of carbonyl (C=O) groups excluding carboxylic acids is 1. The largest absolute Gasteiger partial charge is 0.479 e. The summed E-state index contributed by atoms with van der Waals surface area (Å²) in [6, 6.07) is 0. The predicted molar refractivity (Wildman–Crippen MR) is 50.7 cm³/mol. The third-order valence-electron chi connectivity index (χ3n) is 1.24. The van der Waals surface area contributed by atoms with Gasteiger partial charge in [0.05, 0.1) is 6.61 Å². The van der Waals surface area contributed by atoms with Crippen molar-refractivity contribution in [2.75, 3.05) is 13.2 Å². The van der Waals surface area contributed by atoms with Crippen LogP contribution in [0.25, 0.3) is 0 Å². The summed E-state index contributed by atoms with van der Waals surface area (Å²) in [5.74, 6) is -1.58. The SMILES string of the molecule is CCOC(=O)NS(=O)(=O)NCC(O)C(=O)O. The van der Waals surface area contributed by atoms with E-state index in [0.717, 1.165) is 0 Å². The molecule has 94 valence electrons. The number of hydrogen-bond donors (Lipinski definition) is 4. The van der Waals surface area contributed by atoms with Crippen molar-refractivity contribution in [1.29, 1.82) is 0 Å². The van der Waals surface area contributed by atoms with Gasteiger partial charge in [-0.05, 0) is 6.92 Å². The Balaban J connectivity index is 4.16. The van der Waals surface area contributed by atoms with Crippen LogP contribution >= 0.6 is 0 Å². The molecule has 16 heavy (non-hydrogen) atoms. The Morgan fingerprint density at radius 1 is 1.44 bits per heavy atom. The van der Waals surface area contributed by atoms with Crippen molar-refractivity contribution >= 4 is 22.3 Å². The van der Waals surface area contributed by atoms with Crippen molar-refractivity contribution in [2.24, 2.45) is 0 Å². The Morgan fingerprint density at radius 3 is 2.44 bits per heavy atom. The summed E-state index contributed by atoms with van der Waals surface area (Å²) >= 11 is 0. The number of carboxylic acids is 1. The lowest BCUT2D eigenvalue weighted by molar-refractivity contribution is -0.146. The van der Waals surface area contributed by atoms with Gasteiger partial charge in [0.25, 0.3) is 0 Å². The molecule has 1 amide bonds. The van der Waals surface area contributed by atoms with E-state index in [1.54, 1.807) is 4.72 Å².